The van der Waals surface area contributed by atoms with Crippen molar-refractivity contribution in [1.29, 1.82) is 0 Å². The normalized spacial score (nSPS) is 16.1. The Kier molecular flexibility index (Phi) is 5.10. The van der Waals surface area contributed by atoms with Crippen molar-refractivity contribution in [3.63, 3.8) is 0 Å². The Morgan fingerprint density at radius 2 is 2.16 bits per heavy atom. The zero-order valence-electron chi connectivity index (χ0n) is 11.7. The molecule has 1 fully saturated rings. The van der Waals surface area contributed by atoms with Crippen LogP contribution in [0.25, 0.3) is 0 Å². The Hall–Kier alpha value is -1.20. The minimum Gasteiger partial charge on any atom is -0.378 e. The van der Waals surface area contributed by atoms with Crippen LogP contribution in [0.5, 0.6) is 0 Å². The number of pyridine rings is 1. The van der Waals surface area contributed by atoms with E-state index in [-0.39, 0.29) is 5.82 Å². The van der Waals surface area contributed by atoms with E-state index >= 15 is 0 Å². The number of hydrogen-bond acceptors (Lipinski definition) is 4. The molecule has 106 valence electrons. The predicted octanol–water partition coefficient (Wildman–Crippen LogP) is 1.80. The van der Waals surface area contributed by atoms with Gasteiger partial charge in [-0.25, -0.2) is 9.37 Å². The largest absolute Gasteiger partial charge is 0.378 e. The molecule has 0 amide bonds. The van der Waals surface area contributed by atoms with Gasteiger partial charge in [-0.3, -0.25) is 0 Å². The average molecular weight is 267 g/mol. The summed E-state index contributed by atoms with van der Waals surface area (Å²) in [6, 6.07) is 1.57. The van der Waals surface area contributed by atoms with Gasteiger partial charge in [-0.05, 0) is 18.5 Å². The van der Waals surface area contributed by atoms with Gasteiger partial charge in [0, 0.05) is 25.2 Å². The monoisotopic (exact) mass is 267 g/mol. The summed E-state index contributed by atoms with van der Waals surface area (Å²) in [6.07, 6.45) is 1.29. The molecule has 0 saturated carbocycles. The molecule has 1 aliphatic heterocycles. The van der Waals surface area contributed by atoms with Crippen LogP contribution >= 0.6 is 0 Å². The molecule has 4 nitrogen and oxygen atoms in total. The Bertz CT molecular complexity index is 406. The number of hydrogen-bond donors (Lipinski definition) is 1. The topological polar surface area (TPSA) is 37.4 Å². The number of morpholine rings is 1. The van der Waals surface area contributed by atoms with E-state index in [1.807, 2.05) is 0 Å². The molecule has 1 N–H and O–H groups in total. The number of aromatic nitrogens is 1. The summed E-state index contributed by atoms with van der Waals surface area (Å²) in [5.74, 6) is 1.17. The Balaban J connectivity index is 2.08. The quantitative estimate of drug-likeness (QED) is 0.883. The van der Waals surface area contributed by atoms with Gasteiger partial charge in [0.05, 0.1) is 19.4 Å². The summed E-state index contributed by atoms with van der Waals surface area (Å²) in [5.41, 5.74) is 0.919. The molecule has 0 aliphatic carbocycles. The van der Waals surface area contributed by atoms with Crippen molar-refractivity contribution >= 4 is 5.82 Å². The highest BCUT2D eigenvalue weighted by molar-refractivity contribution is 5.47. The number of rotatable bonds is 5. The molecule has 1 aliphatic rings. The van der Waals surface area contributed by atoms with Crippen LogP contribution in [0.1, 0.15) is 19.4 Å². The lowest BCUT2D eigenvalue weighted by atomic mass is 10.2. The summed E-state index contributed by atoms with van der Waals surface area (Å²) in [4.78, 5) is 6.42. The van der Waals surface area contributed by atoms with Crippen molar-refractivity contribution in [2.45, 2.75) is 20.4 Å². The molecule has 1 saturated heterocycles. The predicted molar refractivity (Wildman–Crippen MR) is 73.8 cm³/mol. The van der Waals surface area contributed by atoms with Crippen molar-refractivity contribution in [2.75, 3.05) is 37.7 Å². The van der Waals surface area contributed by atoms with Crippen LogP contribution in [0.4, 0.5) is 10.2 Å². The lowest BCUT2D eigenvalue weighted by Crippen LogP contribution is -2.37. The molecular formula is C14H22FN3O. The number of nitrogens with zero attached hydrogens (tertiary/aromatic N) is 2. The first-order valence-corrected chi connectivity index (χ1v) is 6.84. The van der Waals surface area contributed by atoms with E-state index in [4.69, 9.17) is 4.74 Å². The van der Waals surface area contributed by atoms with Gasteiger partial charge in [0.15, 0.2) is 0 Å². The van der Waals surface area contributed by atoms with Gasteiger partial charge in [0.1, 0.15) is 11.6 Å². The second-order valence-corrected chi connectivity index (χ2v) is 5.26. The van der Waals surface area contributed by atoms with Gasteiger partial charge in [-0.1, -0.05) is 13.8 Å². The molecule has 19 heavy (non-hydrogen) atoms. The van der Waals surface area contributed by atoms with E-state index in [9.17, 15) is 4.39 Å². The zero-order valence-corrected chi connectivity index (χ0v) is 11.7. The van der Waals surface area contributed by atoms with E-state index in [1.54, 1.807) is 6.07 Å². The maximum absolute atomic E-state index is 13.4. The van der Waals surface area contributed by atoms with Gasteiger partial charge >= 0.3 is 0 Å². The number of anilines is 1. The minimum atomic E-state index is -0.279. The van der Waals surface area contributed by atoms with Gasteiger partial charge in [0.25, 0.3) is 0 Å². The van der Waals surface area contributed by atoms with E-state index in [2.05, 4.69) is 29.0 Å². The SMILES string of the molecule is CC(C)CNCc1cc(F)cnc1N1CCOCC1. The molecule has 2 heterocycles. The van der Waals surface area contributed by atoms with Crippen LogP contribution in [0, 0.1) is 11.7 Å². The van der Waals surface area contributed by atoms with Gasteiger partial charge in [-0.2, -0.15) is 0 Å². The van der Waals surface area contributed by atoms with Crippen molar-refractivity contribution in [1.82, 2.24) is 10.3 Å². The maximum atomic E-state index is 13.4. The zero-order chi connectivity index (χ0) is 13.7. The lowest BCUT2D eigenvalue weighted by Gasteiger charge is -2.29. The van der Waals surface area contributed by atoms with Crippen LogP contribution in [0.2, 0.25) is 0 Å². The second-order valence-electron chi connectivity index (χ2n) is 5.26. The highest BCUT2D eigenvalue weighted by atomic mass is 19.1. The molecular weight excluding hydrogens is 245 g/mol. The molecule has 0 unspecified atom stereocenters. The fraction of sp³-hybridized carbons (Fsp3) is 0.643. The van der Waals surface area contributed by atoms with Gasteiger partial charge in [-0.15, -0.1) is 0 Å². The lowest BCUT2D eigenvalue weighted by molar-refractivity contribution is 0.122. The standard InChI is InChI=1S/C14H22FN3O/c1-11(2)8-16-9-12-7-13(15)10-17-14(12)18-3-5-19-6-4-18/h7,10-11,16H,3-6,8-9H2,1-2H3. The highest BCUT2D eigenvalue weighted by Gasteiger charge is 2.16. The van der Waals surface area contributed by atoms with Crippen LogP contribution in [0.3, 0.4) is 0 Å². The van der Waals surface area contributed by atoms with Crippen molar-refractivity contribution in [3.05, 3.63) is 23.6 Å². The average Bonchev–Trinajstić information content (AvgIpc) is 2.39. The summed E-state index contributed by atoms with van der Waals surface area (Å²) in [5, 5.41) is 3.34. The summed E-state index contributed by atoms with van der Waals surface area (Å²) in [6.45, 7) is 8.91. The van der Waals surface area contributed by atoms with Crippen LogP contribution in [-0.2, 0) is 11.3 Å². The van der Waals surface area contributed by atoms with Gasteiger partial charge < -0.3 is 15.0 Å². The smallest absolute Gasteiger partial charge is 0.141 e. The third-order valence-electron chi connectivity index (χ3n) is 3.09. The first-order valence-electron chi connectivity index (χ1n) is 6.84. The number of ether oxygens (including phenoxy) is 1. The Morgan fingerprint density at radius 3 is 2.84 bits per heavy atom. The van der Waals surface area contributed by atoms with E-state index in [1.165, 1.54) is 6.20 Å². The van der Waals surface area contributed by atoms with E-state index in [0.717, 1.165) is 31.0 Å². The molecule has 1 aromatic heterocycles. The van der Waals surface area contributed by atoms with E-state index < -0.39 is 0 Å². The van der Waals surface area contributed by atoms with Crippen LogP contribution < -0.4 is 10.2 Å². The molecule has 5 heteroatoms. The summed E-state index contributed by atoms with van der Waals surface area (Å²) >= 11 is 0. The Morgan fingerprint density at radius 1 is 1.42 bits per heavy atom. The third-order valence-corrected chi connectivity index (χ3v) is 3.09. The van der Waals surface area contributed by atoms with Gasteiger partial charge in [0.2, 0.25) is 0 Å². The van der Waals surface area contributed by atoms with E-state index in [0.29, 0.717) is 25.7 Å². The van der Waals surface area contributed by atoms with Crippen LogP contribution in [0.15, 0.2) is 12.3 Å². The fourth-order valence-electron chi connectivity index (χ4n) is 2.16. The highest BCUT2D eigenvalue weighted by Crippen LogP contribution is 2.19. The maximum Gasteiger partial charge on any atom is 0.141 e. The molecule has 1 aromatic rings. The molecule has 0 spiro atoms. The number of nitrogens with one attached hydrogen (secondary N) is 1. The van der Waals surface area contributed by atoms with Crippen molar-refractivity contribution < 1.29 is 9.13 Å². The summed E-state index contributed by atoms with van der Waals surface area (Å²) < 4.78 is 18.7. The van der Waals surface area contributed by atoms with Crippen molar-refractivity contribution in [3.8, 4) is 0 Å². The molecule has 0 aromatic carbocycles. The van der Waals surface area contributed by atoms with Crippen molar-refractivity contribution in [2.24, 2.45) is 5.92 Å². The van der Waals surface area contributed by atoms with Crippen LogP contribution in [-0.4, -0.2) is 37.8 Å². The fourth-order valence-corrected chi connectivity index (χ4v) is 2.16. The first kappa shape index (κ1) is 14.2. The third kappa shape index (κ3) is 4.14. The minimum absolute atomic E-state index is 0.279. The molecule has 0 radical (unpaired) electrons. The second kappa shape index (κ2) is 6.82. The summed E-state index contributed by atoms with van der Waals surface area (Å²) in [7, 11) is 0. The molecule has 0 atom stereocenters. The Labute approximate surface area is 114 Å². The molecule has 0 bridgehead atoms. The molecule has 2 rings (SSSR count). The number of halogens is 1. The first-order chi connectivity index (χ1) is 9.16.